The molecular weight excluding hydrogens is 285 g/mol. The molecule has 0 aliphatic rings. The van der Waals surface area contributed by atoms with Gasteiger partial charge in [-0.25, -0.2) is 9.18 Å². The maximum absolute atomic E-state index is 13.1. The fourth-order valence-corrected chi connectivity index (χ4v) is 2.14. The van der Waals surface area contributed by atoms with Crippen molar-refractivity contribution in [3.05, 3.63) is 82.0 Å². The van der Waals surface area contributed by atoms with Crippen LogP contribution in [0.5, 0.6) is 0 Å². The Morgan fingerprint density at radius 1 is 1.09 bits per heavy atom. The van der Waals surface area contributed by atoms with Gasteiger partial charge < -0.3 is 9.73 Å². The summed E-state index contributed by atoms with van der Waals surface area (Å²) in [5.74, 6) is -0.930. The van der Waals surface area contributed by atoms with Gasteiger partial charge in [-0.1, -0.05) is 30.3 Å². The number of hydrogen-bond donors (Lipinski definition) is 1. The molecule has 1 amide bonds. The van der Waals surface area contributed by atoms with Gasteiger partial charge in [0, 0.05) is 11.9 Å². The van der Waals surface area contributed by atoms with Crippen molar-refractivity contribution < 1.29 is 13.6 Å². The molecule has 1 heterocycles. The number of para-hydroxylation sites is 1. The van der Waals surface area contributed by atoms with Crippen LogP contribution in [0, 0.1) is 5.82 Å². The van der Waals surface area contributed by atoms with Crippen molar-refractivity contribution in [3.8, 4) is 0 Å². The van der Waals surface area contributed by atoms with Gasteiger partial charge in [0.2, 0.25) is 0 Å². The van der Waals surface area contributed by atoms with E-state index < -0.39 is 11.5 Å². The predicted octanol–water partition coefficient (Wildman–Crippen LogP) is 2.86. The number of fused-ring (bicyclic) bond motifs is 1. The summed E-state index contributed by atoms with van der Waals surface area (Å²) < 4.78 is 18.2. The Morgan fingerprint density at radius 2 is 1.91 bits per heavy atom. The monoisotopic (exact) mass is 297 g/mol. The van der Waals surface area contributed by atoms with Gasteiger partial charge in [0.15, 0.2) is 0 Å². The molecule has 1 aromatic heterocycles. The van der Waals surface area contributed by atoms with E-state index in [1.807, 2.05) is 0 Å². The van der Waals surface area contributed by atoms with Gasteiger partial charge >= 0.3 is 5.63 Å². The highest BCUT2D eigenvalue weighted by Crippen LogP contribution is 2.12. The van der Waals surface area contributed by atoms with Crippen LogP contribution in [0.4, 0.5) is 4.39 Å². The molecule has 1 N–H and O–H groups in total. The molecular formula is C17H12FNO3. The van der Waals surface area contributed by atoms with Crippen LogP contribution in [0.3, 0.4) is 0 Å². The largest absolute Gasteiger partial charge is 0.422 e. The van der Waals surface area contributed by atoms with E-state index in [-0.39, 0.29) is 17.9 Å². The van der Waals surface area contributed by atoms with Crippen molar-refractivity contribution in [2.75, 3.05) is 0 Å². The highest BCUT2D eigenvalue weighted by Gasteiger charge is 2.13. The zero-order valence-corrected chi connectivity index (χ0v) is 11.5. The number of rotatable bonds is 3. The molecule has 4 nitrogen and oxygen atoms in total. The maximum atomic E-state index is 13.1. The van der Waals surface area contributed by atoms with E-state index in [4.69, 9.17) is 4.42 Å². The lowest BCUT2D eigenvalue weighted by Gasteiger charge is -2.05. The van der Waals surface area contributed by atoms with Crippen molar-refractivity contribution in [3.63, 3.8) is 0 Å². The minimum absolute atomic E-state index is 0.0740. The molecule has 5 heteroatoms. The molecule has 0 fully saturated rings. The summed E-state index contributed by atoms with van der Waals surface area (Å²) in [6.45, 7) is 0.128. The van der Waals surface area contributed by atoms with Crippen molar-refractivity contribution in [1.29, 1.82) is 0 Å². The number of carbonyl (C=O) groups excluding carboxylic acids is 1. The Balaban J connectivity index is 1.83. The van der Waals surface area contributed by atoms with Crippen LogP contribution >= 0.6 is 0 Å². The summed E-state index contributed by atoms with van der Waals surface area (Å²) in [5.41, 5.74) is 0.262. The van der Waals surface area contributed by atoms with E-state index in [9.17, 15) is 14.0 Å². The Bertz CT molecular complexity index is 902. The average Bonchev–Trinajstić information content (AvgIpc) is 2.52. The highest BCUT2D eigenvalue weighted by atomic mass is 19.1. The predicted molar refractivity (Wildman–Crippen MR) is 80.1 cm³/mol. The molecule has 110 valence electrons. The van der Waals surface area contributed by atoms with Crippen LogP contribution < -0.4 is 10.9 Å². The second kappa shape index (κ2) is 5.81. The zero-order valence-electron chi connectivity index (χ0n) is 11.5. The minimum Gasteiger partial charge on any atom is -0.422 e. The Morgan fingerprint density at radius 3 is 2.73 bits per heavy atom. The number of carbonyl (C=O) groups is 1. The molecule has 0 bridgehead atoms. The summed E-state index contributed by atoms with van der Waals surface area (Å²) in [7, 11) is 0. The topological polar surface area (TPSA) is 59.3 Å². The van der Waals surface area contributed by atoms with E-state index in [1.54, 1.807) is 36.4 Å². The molecule has 0 spiro atoms. The maximum Gasteiger partial charge on any atom is 0.349 e. The van der Waals surface area contributed by atoms with E-state index in [1.165, 1.54) is 18.2 Å². The van der Waals surface area contributed by atoms with Crippen LogP contribution in [0.15, 0.2) is 63.8 Å². The van der Waals surface area contributed by atoms with E-state index in [0.29, 0.717) is 16.5 Å². The molecule has 3 aromatic rings. The smallest absolute Gasteiger partial charge is 0.349 e. The average molecular weight is 297 g/mol. The molecule has 2 aromatic carbocycles. The number of halogens is 1. The molecule has 0 unspecified atom stereocenters. The van der Waals surface area contributed by atoms with Crippen molar-refractivity contribution in [2.24, 2.45) is 0 Å². The number of hydrogen-bond acceptors (Lipinski definition) is 3. The van der Waals surface area contributed by atoms with Crippen molar-refractivity contribution in [1.82, 2.24) is 5.32 Å². The van der Waals surface area contributed by atoms with E-state index >= 15 is 0 Å². The third kappa shape index (κ3) is 2.88. The molecule has 0 atom stereocenters. The van der Waals surface area contributed by atoms with Gasteiger partial charge in [-0.3, -0.25) is 4.79 Å². The Kier molecular flexibility index (Phi) is 3.70. The molecule has 0 aliphatic carbocycles. The first-order valence-corrected chi connectivity index (χ1v) is 6.69. The van der Waals surface area contributed by atoms with Gasteiger partial charge in [0.1, 0.15) is 17.0 Å². The lowest BCUT2D eigenvalue weighted by atomic mass is 10.1. The second-order valence-corrected chi connectivity index (χ2v) is 4.80. The summed E-state index contributed by atoms with van der Waals surface area (Å²) in [6, 6.07) is 14.3. The number of amides is 1. The lowest BCUT2D eigenvalue weighted by Crippen LogP contribution is -2.27. The minimum atomic E-state index is -0.699. The van der Waals surface area contributed by atoms with E-state index in [0.717, 1.165) is 0 Å². The second-order valence-electron chi connectivity index (χ2n) is 4.80. The van der Waals surface area contributed by atoms with Crippen molar-refractivity contribution in [2.45, 2.75) is 6.54 Å². The molecule has 22 heavy (non-hydrogen) atoms. The third-order valence-corrected chi connectivity index (χ3v) is 3.23. The summed E-state index contributed by atoms with van der Waals surface area (Å²) in [6.07, 6.45) is 0. The third-order valence-electron chi connectivity index (χ3n) is 3.23. The zero-order chi connectivity index (χ0) is 15.5. The van der Waals surface area contributed by atoms with Gasteiger partial charge in [0.05, 0.1) is 0 Å². The lowest BCUT2D eigenvalue weighted by molar-refractivity contribution is 0.0947. The Hall–Kier alpha value is -2.95. The number of nitrogens with one attached hydrogen (secondary N) is 1. The van der Waals surface area contributed by atoms with Crippen LogP contribution in [0.25, 0.3) is 11.0 Å². The van der Waals surface area contributed by atoms with Crippen LogP contribution in [0.2, 0.25) is 0 Å². The van der Waals surface area contributed by atoms with Crippen molar-refractivity contribution >= 4 is 16.9 Å². The molecule has 0 saturated heterocycles. The molecule has 0 radical (unpaired) electrons. The number of benzene rings is 2. The Labute approximate surface area is 125 Å². The molecule has 0 aliphatic heterocycles. The highest BCUT2D eigenvalue weighted by molar-refractivity contribution is 5.96. The van der Waals surface area contributed by atoms with Crippen LogP contribution in [0.1, 0.15) is 15.9 Å². The fraction of sp³-hybridized carbons (Fsp3) is 0.0588. The van der Waals surface area contributed by atoms with Gasteiger partial charge in [-0.2, -0.15) is 0 Å². The molecule has 3 rings (SSSR count). The summed E-state index contributed by atoms with van der Waals surface area (Å²) in [5, 5.41) is 3.25. The first-order valence-electron chi connectivity index (χ1n) is 6.69. The van der Waals surface area contributed by atoms with Gasteiger partial charge in [-0.05, 0) is 29.8 Å². The fourth-order valence-electron chi connectivity index (χ4n) is 2.14. The van der Waals surface area contributed by atoms with Crippen LogP contribution in [-0.4, -0.2) is 5.91 Å². The van der Waals surface area contributed by atoms with Gasteiger partial charge in [0.25, 0.3) is 5.91 Å². The standard InChI is InChI=1S/C17H12FNO3/c18-13-6-3-4-11(8-13)10-19-16(20)14-9-12-5-1-2-7-15(12)22-17(14)21/h1-9H,10H2,(H,19,20). The summed E-state index contributed by atoms with van der Waals surface area (Å²) >= 11 is 0. The normalized spacial score (nSPS) is 10.6. The molecule has 0 saturated carbocycles. The summed E-state index contributed by atoms with van der Waals surface area (Å²) in [4.78, 5) is 24.0. The quantitative estimate of drug-likeness (QED) is 0.756. The van der Waals surface area contributed by atoms with Crippen LogP contribution in [-0.2, 0) is 6.54 Å². The first kappa shape index (κ1) is 14.0. The first-order chi connectivity index (χ1) is 10.6. The SMILES string of the molecule is O=C(NCc1cccc(F)c1)c1cc2ccccc2oc1=O. The van der Waals surface area contributed by atoms with Gasteiger partial charge in [-0.15, -0.1) is 0 Å². The van der Waals surface area contributed by atoms with E-state index in [2.05, 4.69) is 5.32 Å².